The second-order valence-electron chi connectivity index (χ2n) is 4.41. The fraction of sp³-hybridized carbons (Fsp3) is 0. The van der Waals surface area contributed by atoms with Gasteiger partial charge in [-0.2, -0.15) is 4.98 Å². The number of aromatic amines is 1. The summed E-state index contributed by atoms with van der Waals surface area (Å²) in [6.45, 7) is 0. The van der Waals surface area contributed by atoms with Crippen LogP contribution in [0, 0.1) is 0 Å². The fourth-order valence-corrected chi connectivity index (χ4v) is 2.54. The van der Waals surface area contributed by atoms with Crippen molar-refractivity contribution >= 4 is 27.5 Å². The number of nitrogens with one attached hydrogen (secondary N) is 1. The number of benzene rings is 1. The maximum absolute atomic E-state index is 6.12. The van der Waals surface area contributed by atoms with Crippen LogP contribution in [0.1, 0.15) is 0 Å². The van der Waals surface area contributed by atoms with Crippen molar-refractivity contribution < 1.29 is 8.94 Å². The molecule has 1 aromatic carbocycles. The van der Waals surface area contributed by atoms with E-state index in [0.29, 0.717) is 28.1 Å². The number of rotatable bonds is 2. The normalized spacial score (nSPS) is 10.2. The van der Waals surface area contributed by atoms with Crippen molar-refractivity contribution in [2.75, 3.05) is 0 Å². The number of halogens is 2. The molecule has 0 aliphatic carbocycles. The van der Waals surface area contributed by atoms with Gasteiger partial charge in [-0.3, -0.25) is 0 Å². The Labute approximate surface area is 145 Å². The van der Waals surface area contributed by atoms with Crippen LogP contribution in [0.25, 0.3) is 23.0 Å². The van der Waals surface area contributed by atoms with Gasteiger partial charge in [0, 0.05) is 22.4 Å². The summed E-state index contributed by atoms with van der Waals surface area (Å²) in [5, 5.41) is 4.44. The van der Waals surface area contributed by atoms with Crippen molar-refractivity contribution in [2.24, 2.45) is 0 Å². The fourth-order valence-electron chi connectivity index (χ4n) is 1.78. The molecule has 0 saturated heterocycles. The van der Waals surface area contributed by atoms with Crippen molar-refractivity contribution in [3.63, 3.8) is 0 Å². The highest BCUT2D eigenvalue weighted by Crippen LogP contribution is 2.30. The first kappa shape index (κ1) is 15.6. The lowest BCUT2D eigenvalue weighted by Crippen LogP contribution is -1.82. The number of H-pyrrole nitrogens is 1. The molecule has 0 fully saturated rings. The summed E-state index contributed by atoms with van der Waals surface area (Å²) in [6.07, 6.45) is 5.30. The van der Waals surface area contributed by atoms with E-state index in [9.17, 15) is 0 Å². The summed E-state index contributed by atoms with van der Waals surface area (Å²) in [6, 6.07) is 12.9. The molecule has 1 N–H and O–H groups in total. The predicted octanol–water partition coefficient (Wildman–Crippen LogP) is 5.43. The molecule has 0 aliphatic heterocycles. The minimum Gasteiger partial charge on any atom is -0.459 e. The van der Waals surface area contributed by atoms with E-state index in [1.807, 2.05) is 36.7 Å². The average molecular weight is 393 g/mol. The molecule has 4 aromatic rings. The largest absolute Gasteiger partial charge is 0.459 e. The van der Waals surface area contributed by atoms with E-state index >= 15 is 0 Å². The van der Waals surface area contributed by atoms with Crippen molar-refractivity contribution in [1.29, 1.82) is 0 Å². The smallest absolute Gasteiger partial charge is 0.293 e. The molecule has 7 heteroatoms. The van der Waals surface area contributed by atoms with Crippen molar-refractivity contribution in [3.8, 4) is 23.0 Å². The molecular weight excluding hydrogens is 382 g/mol. The van der Waals surface area contributed by atoms with E-state index in [2.05, 4.69) is 31.1 Å². The zero-order valence-electron chi connectivity index (χ0n) is 11.7. The Kier molecular flexibility index (Phi) is 4.95. The monoisotopic (exact) mass is 391 g/mol. The average Bonchev–Trinajstić information content (AvgIpc) is 3.30. The standard InChI is InChI=1S/C12H6BrClN2O2.C4H5N/c13-7-3-4-8(9(14)6-7)11-15-12(18-16-11)10-2-1-5-17-10;1-2-4-5-3-1/h1-6H;1-5H. The minimum atomic E-state index is 0.328. The van der Waals surface area contributed by atoms with E-state index in [1.54, 1.807) is 24.5 Å². The number of aromatic nitrogens is 3. The summed E-state index contributed by atoms with van der Waals surface area (Å²) in [5.41, 5.74) is 0.710. The first-order chi connectivity index (χ1) is 11.2. The molecule has 0 unspecified atom stereocenters. The number of nitrogens with zero attached hydrogens (tertiary/aromatic N) is 2. The molecule has 3 aromatic heterocycles. The molecule has 0 amide bonds. The molecular formula is C16H11BrClN3O2. The van der Waals surface area contributed by atoms with Crippen molar-refractivity contribution in [3.05, 3.63) is 70.6 Å². The molecule has 3 heterocycles. The molecule has 0 spiro atoms. The van der Waals surface area contributed by atoms with E-state index in [0.717, 1.165) is 4.47 Å². The van der Waals surface area contributed by atoms with Gasteiger partial charge in [0.25, 0.3) is 5.89 Å². The maximum atomic E-state index is 6.12. The van der Waals surface area contributed by atoms with Crippen LogP contribution >= 0.6 is 27.5 Å². The van der Waals surface area contributed by atoms with Crippen LogP contribution in [-0.2, 0) is 0 Å². The SMILES string of the molecule is Clc1cc(Br)ccc1-c1noc(-c2ccco2)n1.c1cc[nH]c1. The van der Waals surface area contributed by atoms with Crippen LogP contribution in [0.15, 0.2) is 74.5 Å². The molecule has 0 saturated carbocycles. The van der Waals surface area contributed by atoms with Crippen LogP contribution in [0.2, 0.25) is 5.02 Å². The third kappa shape index (κ3) is 3.91. The van der Waals surface area contributed by atoms with Gasteiger partial charge in [-0.15, -0.1) is 0 Å². The van der Waals surface area contributed by atoms with Crippen molar-refractivity contribution in [1.82, 2.24) is 15.1 Å². The topological polar surface area (TPSA) is 67.8 Å². The Balaban J connectivity index is 0.000000267. The molecule has 5 nitrogen and oxygen atoms in total. The third-order valence-corrected chi connectivity index (χ3v) is 3.63. The van der Waals surface area contributed by atoms with Crippen LogP contribution in [0.4, 0.5) is 0 Å². The zero-order valence-corrected chi connectivity index (χ0v) is 14.1. The van der Waals surface area contributed by atoms with Gasteiger partial charge in [-0.25, -0.2) is 0 Å². The number of furan rings is 1. The number of hydrogen-bond acceptors (Lipinski definition) is 4. The maximum Gasteiger partial charge on any atom is 0.293 e. The first-order valence-corrected chi connectivity index (χ1v) is 7.82. The lowest BCUT2D eigenvalue weighted by atomic mass is 10.2. The zero-order chi connectivity index (χ0) is 16.1. The molecule has 0 atom stereocenters. The Bertz CT molecular complexity index is 840. The first-order valence-electron chi connectivity index (χ1n) is 6.65. The summed E-state index contributed by atoms with van der Waals surface area (Å²) in [5.74, 6) is 1.29. The highest BCUT2D eigenvalue weighted by Gasteiger charge is 2.14. The molecule has 23 heavy (non-hydrogen) atoms. The summed E-state index contributed by atoms with van der Waals surface area (Å²) in [7, 11) is 0. The van der Waals surface area contributed by atoms with E-state index in [-0.39, 0.29) is 0 Å². The Morgan fingerprint density at radius 1 is 1.09 bits per heavy atom. The van der Waals surface area contributed by atoms with Crippen LogP contribution in [0.3, 0.4) is 0 Å². The van der Waals surface area contributed by atoms with Gasteiger partial charge < -0.3 is 13.9 Å². The summed E-state index contributed by atoms with van der Waals surface area (Å²) in [4.78, 5) is 7.10. The minimum absolute atomic E-state index is 0.328. The van der Waals surface area contributed by atoms with Crippen LogP contribution < -0.4 is 0 Å². The second-order valence-corrected chi connectivity index (χ2v) is 5.73. The van der Waals surface area contributed by atoms with E-state index in [4.69, 9.17) is 20.5 Å². The van der Waals surface area contributed by atoms with Crippen LogP contribution in [0.5, 0.6) is 0 Å². The van der Waals surface area contributed by atoms with Gasteiger partial charge in [0.05, 0.1) is 11.3 Å². The second kappa shape index (κ2) is 7.30. The third-order valence-electron chi connectivity index (χ3n) is 2.83. The Hall–Kier alpha value is -2.31. The van der Waals surface area contributed by atoms with E-state index in [1.165, 1.54) is 0 Å². The van der Waals surface area contributed by atoms with Gasteiger partial charge in [0.1, 0.15) is 0 Å². The molecule has 0 bridgehead atoms. The summed E-state index contributed by atoms with van der Waals surface area (Å²) < 4.78 is 11.2. The van der Waals surface area contributed by atoms with Crippen LogP contribution in [-0.4, -0.2) is 15.1 Å². The lowest BCUT2D eigenvalue weighted by molar-refractivity contribution is 0.417. The Morgan fingerprint density at radius 3 is 2.52 bits per heavy atom. The highest BCUT2D eigenvalue weighted by atomic mass is 79.9. The van der Waals surface area contributed by atoms with Crippen molar-refractivity contribution in [2.45, 2.75) is 0 Å². The highest BCUT2D eigenvalue weighted by molar-refractivity contribution is 9.10. The molecule has 0 aliphatic rings. The van der Waals surface area contributed by atoms with Gasteiger partial charge >= 0.3 is 0 Å². The lowest BCUT2D eigenvalue weighted by Gasteiger charge is -1.98. The quantitative estimate of drug-likeness (QED) is 0.494. The van der Waals surface area contributed by atoms with E-state index < -0.39 is 0 Å². The molecule has 0 radical (unpaired) electrons. The molecule has 4 rings (SSSR count). The van der Waals surface area contributed by atoms with Gasteiger partial charge in [-0.05, 0) is 42.5 Å². The summed E-state index contributed by atoms with van der Waals surface area (Å²) >= 11 is 9.46. The van der Waals surface area contributed by atoms with Gasteiger partial charge in [0.15, 0.2) is 5.76 Å². The van der Waals surface area contributed by atoms with Gasteiger partial charge in [-0.1, -0.05) is 32.7 Å². The Morgan fingerprint density at radius 2 is 1.91 bits per heavy atom. The predicted molar refractivity (Wildman–Crippen MR) is 90.9 cm³/mol. The molecule has 116 valence electrons. The van der Waals surface area contributed by atoms with Gasteiger partial charge in [0.2, 0.25) is 5.82 Å². The number of hydrogen-bond donors (Lipinski definition) is 1.